The zero-order valence-electron chi connectivity index (χ0n) is 17.1. The fourth-order valence-corrected chi connectivity index (χ4v) is 5.12. The molecule has 1 amide bonds. The molecule has 8 nitrogen and oxygen atoms in total. The van der Waals surface area contributed by atoms with Gasteiger partial charge in [0.05, 0.1) is 18.8 Å². The van der Waals surface area contributed by atoms with E-state index >= 15 is 0 Å². The zero-order chi connectivity index (χ0) is 22.6. The number of carbonyl (C=O) groups is 1. The number of nitrogens with one attached hydrogen (secondary N) is 2. The lowest BCUT2D eigenvalue weighted by Crippen LogP contribution is -2.40. The molecule has 4 aromatic rings. The Balaban J connectivity index is 1.59. The monoisotopic (exact) mass is 468 g/mol. The van der Waals surface area contributed by atoms with Crippen molar-refractivity contribution in [1.82, 2.24) is 18.8 Å². The molecule has 3 aromatic carbocycles. The SMILES string of the molecule is COc1ccc(CNC(=O)[C@@H](NS(=O)(=O)c2cccc3nsnc23)c2ccccc2)cc1. The number of fused-ring (bicyclic) bond motifs is 1. The maximum absolute atomic E-state index is 13.2. The van der Waals surface area contributed by atoms with Crippen LogP contribution < -0.4 is 14.8 Å². The number of rotatable bonds is 8. The fraction of sp³-hybridized carbons (Fsp3) is 0.136. The summed E-state index contributed by atoms with van der Waals surface area (Å²) in [5.41, 5.74) is 2.13. The molecule has 0 aliphatic heterocycles. The Morgan fingerprint density at radius 2 is 1.75 bits per heavy atom. The van der Waals surface area contributed by atoms with Gasteiger partial charge in [-0.15, -0.1) is 0 Å². The predicted molar refractivity (Wildman–Crippen MR) is 122 cm³/mol. The average Bonchev–Trinajstić information content (AvgIpc) is 3.31. The molecule has 1 heterocycles. The Morgan fingerprint density at radius 3 is 2.47 bits per heavy atom. The van der Waals surface area contributed by atoms with E-state index in [1.165, 1.54) is 6.07 Å². The molecular formula is C22H20N4O4S2. The molecule has 0 saturated heterocycles. The van der Waals surface area contributed by atoms with Crippen LogP contribution in [0.15, 0.2) is 77.7 Å². The van der Waals surface area contributed by atoms with Gasteiger partial charge in [0.25, 0.3) is 0 Å². The number of hydrogen-bond donors (Lipinski definition) is 2. The van der Waals surface area contributed by atoms with Crippen molar-refractivity contribution < 1.29 is 17.9 Å². The summed E-state index contributed by atoms with van der Waals surface area (Å²) in [7, 11) is -2.49. The topological polar surface area (TPSA) is 110 Å². The predicted octanol–water partition coefficient (Wildman–Crippen LogP) is 3.04. The van der Waals surface area contributed by atoms with Gasteiger partial charge in [-0.1, -0.05) is 48.5 Å². The number of amides is 1. The molecule has 0 radical (unpaired) electrons. The van der Waals surface area contributed by atoms with Gasteiger partial charge in [0.15, 0.2) is 0 Å². The van der Waals surface area contributed by atoms with Crippen LogP contribution in [0, 0.1) is 0 Å². The van der Waals surface area contributed by atoms with E-state index in [4.69, 9.17) is 4.74 Å². The van der Waals surface area contributed by atoms with Gasteiger partial charge >= 0.3 is 0 Å². The molecule has 0 saturated carbocycles. The van der Waals surface area contributed by atoms with Crippen molar-refractivity contribution in [1.29, 1.82) is 0 Å². The van der Waals surface area contributed by atoms with E-state index in [1.807, 2.05) is 12.1 Å². The van der Waals surface area contributed by atoms with Crippen LogP contribution in [0.1, 0.15) is 17.2 Å². The van der Waals surface area contributed by atoms with Crippen molar-refractivity contribution in [2.45, 2.75) is 17.5 Å². The molecule has 0 aliphatic rings. The van der Waals surface area contributed by atoms with Crippen molar-refractivity contribution in [2.75, 3.05) is 7.11 Å². The van der Waals surface area contributed by atoms with Crippen LogP contribution in [0.2, 0.25) is 0 Å². The molecule has 0 spiro atoms. The normalized spacial score (nSPS) is 12.4. The second-order valence-corrected chi connectivity index (χ2v) is 9.13. The van der Waals surface area contributed by atoms with Gasteiger partial charge in [-0.2, -0.15) is 13.5 Å². The van der Waals surface area contributed by atoms with Gasteiger partial charge < -0.3 is 10.1 Å². The Morgan fingerprint density at radius 1 is 1.00 bits per heavy atom. The Bertz CT molecular complexity index is 1320. The number of sulfonamides is 1. The second-order valence-electron chi connectivity index (χ2n) is 6.92. The lowest BCUT2D eigenvalue weighted by Gasteiger charge is -2.19. The molecule has 1 aromatic heterocycles. The molecule has 0 aliphatic carbocycles. The highest BCUT2D eigenvalue weighted by Crippen LogP contribution is 2.24. The molecule has 32 heavy (non-hydrogen) atoms. The van der Waals surface area contributed by atoms with Crippen molar-refractivity contribution in [2.24, 2.45) is 0 Å². The minimum Gasteiger partial charge on any atom is -0.497 e. The quantitative estimate of drug-likeness (QED) is 0.411. The lowest BCUT2D eigenvalue weighted by atomic mass is 10.1. The Kier molecular flexibility index (Phi) is 6.45. The molecule has 164 valence electrons. The maximum Gasteiger partial charge on any atom is 0.243 e. The van der Waals surface area contributed by atoms with Crippen LogP contribution in [0.3, 0.4) is 0 Å². The summed E-state index contributed by atoms with van der Waals surface area (Å²) in [6.45, 7) is 0.236. The summed E-state index contributed by atoms with van der Waals surface area (Å²) < 4.78 is 42.3. The number of carbonyl (C=O) groups excluding carboxylic acids is 1. The van der Waals surface area contributed by atoms with E-state index in [9.17, 15) is 13.2 Å². The first-order valence-corrected chi connectivity index (χ1v) is 11.9. The van der Waals surface area contributed by atoms with Crippen LogP contribution >= 0.6 is 11.7 Å². The van der Waals surface area contributed by atoms with Crippen LogP contribution in [0.4, 0.5) is 0 Å². The van der Waals surface area contributed by atoms with E-state index in [2.05, 4.69) is 18.8 Å². The van der Waals surface area contributed by atoms with Gasteiger partial charge in [-0.05, 0) is 35.4 Å². The Labute approximate surface area is 189 Å². The van der Waals surface area contributed by atoms with Crippen LogP contribution in [0.25, 0.3) is 11.0 Å². The molecule has 2 N–H and O–H groups in total. The number of hydrogen-bond acceptors (Lipinski definition) is 7. The minimum atomic E-state index is -4.06. The molecule has 10 heteroatoms. The first-order chi connectivity index (χ1) is 15.5. The maximum atomic E-state index is 13.2. The van der Waals surface area contributed by atoms with Gasteiger partial charge in [-0.25, -0.2) is 8.42 Å². The average molecular weight is 469 g/mol. The summed E-state index contributed by atoms with van der Waals surface area (Å²) in [6, 6.07) is 19.5. The van der Waals surface area contributed by atoms with Crippen LogP contribution in [-0.2, 0) is 21.4 Å². The lowest BCUT2D eigenvalue weighted by molar-refractivity contribution is -0.123. The van der Waals surface area contributed by atoms with Gasteiger partial charge in [0.1, 0.15) is 27.7 Å². The molecule has 0 fully saturated rings. The summed E-state index contributed by atoms with van der Waals surface area (Å²) >= 11 is 0.933. The first-order valence-electron chi connectivity index (χ1n) is 9.67. The zero-order valence-corrected chi connectivity index (χ0v) is 18.7. The van der Waals surface area contributed by atoms with Crippen molar-refractivity contribution in [3.63, 3.8) is 0 Å². The van der Waals surface area contributed by atoms with E-state index in [0.717, 1.165) is 17.3 Å². The third-order valence-corrected chi connectivity index (χ3v) is 6.83. The Hall–Kier alpha value is -3.34. The fourth-order valence-electron chi connectivity index (χ4n) is 3.17. The van der Waals surface area contributed by atoms with Crippen molar-refractivity contribution >= 4 is 38.7 Å². The number of aromatic nitrogens is 2. The van der Waals surface area contributed by atoms with E-state index in [-0.39, 0.29) is 17.0 Å². The van der Waals surface area contributed by atoms with Gasteiger partial charge in [0, 0.05) is 6.54 Å². The standard InChI is InChI=1S/C22H20N4O4S2/c1-30-17-12-10-15(11-13-17)14-23-22(27)20(16-6-3-2-4-7-16)26-32(28,29)19-9-5-8-18-21(19)25-31-24-18/h2-13,20,26H,14H2,1H3,(H,23,27)/t20-/m0/s1. The number of methoxy groups -OCH3 is 1. The summed E-state index contributed by atoms with van der Waals surface area (Å²) in [6.07, 6.45) is 0. The molecule has 4 rings (SSSR count). The molecule has 0 unspecified atom stereocenters. The molecular weight excluding hydrogens is 448 g/mol. The molecule has 0 bridgehead atoms. The number of benzene rings is 3. The number of ether oxygens (including phenoxy) is 1. The molecule has 1 atom stereocenters. The largest absolute Gasteiger partial charge is 0.497 e. The van der Waals surface area contributed by atoms with E-state index in [0.29, 0.717) is 16.8 Å². The van der Waals surface area contributed by atoms with Crippen molar-refractivity contribution in [3.8, 4) is 5.75 Å². The van der Waals surface area contributed by atoms with Gasteiger partial charge in [0.2, 0.25) is 15.9 Å². The third kappa shape index (κ3) is 4.77. The highest BCUT2D eigenvalue weighted by molar-refractivity contribution is 7.89. The van der Waals surface area contributed by atoms with E-state index in [1.54, 1.807) is 61.7 Å². The van der Waals surface area contributed by atoms with E-state index < -0.39 is 22.0 Å². The van der Waals surface area contributed by atoms with Gasteiger partial charge in [-0.3, -0.25) is 4.79 Å². The summed E-state index contributed by atoms with van der Waals surface area (Å²) in [5.74, 6) is 0.236. The highest BCUT2D eigenvalue weighted by Gasteiger charge is 2.29. The smallest absolute Gasteiger partial charge is 0.243 e. The first kappa shape index (κ1) is 21.9. The third-order valence-electron chi connectivity index (χ3n) is 4.83. The highest BCUT2D eigenvalue weighted by atomic mass is 32.2. The van der Waals surface area contributed by atoms with Crippen molar-refractivity contribution in [3.05, 3.63) is 83.9 Å². The van der Waals surface area contributed by atoms with Crippen LogP contribution in [-0.4, -0.2) is 30.2 Å². The summed E-state index contributed by atoms with van der Waals surface area (Å²) in [5, 5.41) is 2.81. The summed E-state index contributed by atoms with van der Waals surface area (Å²) in [4.78, 5) is 13.1. The van der Waals surface area contributed by atoms with Crippen LogP contribution in [0.5, 0.6) is 5.75 Å². The minimum absolute atomic E-state index is 0.0207. The number of nitrogens with zero attached hydrogens (tertiary/aromatic N) is 2. The second kappa shape index (κ2) is 9.43.